The average molecular weight is 563 g/mol. The van der Waals surface area contributed by atoms with Gasteiger partial charge in [-0.05, 0) is 73.0 Å². The molecule has 0 N–H and O–H groups in total. The fraction of sp³-hybridized carbons (Fsp3) is 0.206. The molecule has 0 fully saturated rings. The van der Waals surface area contributed by atoms with Crippen molar-refractivity contribution in [3.8, 4) is 5.75 Å². The van der Waals surface area contributed by atoms with Crippen LogP contribution in [0.15, 0.2) is 99.9 Å². The number of para-hydroxylation sites is 1. The molecule has 4 aromatic carbocycles. The third-order valence-corrected chi connectivity index (χ3v) is 8.16. The summed E-state index contributed by atoms with van der Waals surface area (Å²) in [5.41, 5.74) is 2.33. The maximum Gasteiger partial charge on any atom is 0.338 e. The number of hydrogen-bond donors (Lipinski definition) is 0. The molecule has 0 radical (unpaired) electrons. The van der Waals surface area contributed by atoms with E-state index in [2.05, 4.69) is 30.3 Å². The zero-order valence-electron chi connectivity index (χ0n) is 23.4. The maximum absolute atomic E-state index is 14.3. The van der Waals surface area contributed by atoms with Crippen LogP contribution in [0, 0.1) is 0 Å². The van der Waals surface area contributed by atoms with Crippen LogP contribution in [-0.2, 0) is 9.53 Å². The molecule has 0 saturated heterocycles. The predicted octanol–water partition coefficient (Wildman–Crippen LogP) is 5.89. The first-order valence-electron chi connectivity index (χ1n) is 13.7. The molecule has 5 aromatic rings. The number of allylic oxidation sites excluding steroid dienone is 1. The topological polar surface area (TPSA) is 69.9 Å². The Balaban J connectivity index is 1.65. The second-order valence-electron chi connectivity index (χ2n) is 10.2. The number of thiazole rings is 1. The highest BCUT2D eigenvalue weighted by Crippen LogP contribution is 2.36. The Kier molecular flexibility index (Phi) is 7.05. The van der Waals surface area contributed by atoms with Gasteiger partial charge in [-0.3, -0.25) is 9.36 Å². The summed E-state index contributed by atoms with van der Waals surface area (Å²) in [6, 6.07) is 25.4. The van der Waals surface area contributed by atoms with Gasteiger partial charge in [0, 0.05) is 5.56 Å². The molecular formula is C34H30N2O4S. The summed E-state index contributed by atoms with van der Waals surface area (Å²) in [5.74, 6) is 0.117. The molecule has 7 heteroatoms. The molecule has 2 heterocycles. The molecule has 1 atom stereocenters. The van der Waals surface area contributed by atoms with Gasteiger partial charge < -0.3 is 9.47 Å². The molecule has 1 aliphatic rings. The van der Waals surface area contributed by atoms with Crippen LogP contribution >= 0.6 is 11.3 Å². The monoisotopic (exact) mass is 562 g/mol. The Hall–Kier alpha value is -4.49. The Morgan fingerprint density at radius 1 is 1.00 bits per heavy atom. The van der Waals surface area contributed by atoms with Gasteiger partial charge in [0.05, 0.1) is 28.5 Å². The number of ether oxygens (including phenoxy) is 2. The van der Waals surface area contributed by atoms with Crippen LogP contribution in [0.2, 0.25) is 0 Å². The maximum atomic E-state index is 14.3. The number of carbonyl (C=O) groups is 1. The van der Waals surface area contributed by atoms with Gasteiger partial charge in [0.25, 0.3) is 5.56 Å². The summed E-state index contributed by atoms with van der Waals surface area (Å²) >= 11 is 1.32. The summed E-state index contributed by atoms with van der Waals surface area (Å²) in [6.45, 7) is 7.67. The quantitative estimate of drug-likeness (QED) is 0.191. The summed E-state index contributed by atoms with van der Waals surface area (Å²) in [7, 11) is 0. The third-order valence-electron chi connectivity index (χ3n) is 7.18. The summed E-state index contributed by atoms with van der Waals surface area (Å²) < 4.78 is 13.8. The number of nitrogens with zero attached hydrogens (tertiary/aromatic N) is 2. The van der Waals surface area contributed by atoms with Crippen molar-refractivity contribution in [2.45, 2.75) is 39.8 Å². The number of hydrogen-bond acceptors (Lipinski definition) is 6. The van der Waals surface area contributed by atoms with Crippen LogP contribution in [0.1, 0.15) is 44.9 Å². The normalized spacial score (nSPS) is 15.3. The minimum atomic E-state index is -0.744. The van der Waals surface area contributed by atoms with Gasteiger partial charge in [0.15, 0.2) is 4.80 Å². The molecule has 206 valence electrons. The van der Waals surface area contributed by atoms with Crippen LogP contribution < -0.4 is 19.6 Å². The van der Waals surface area contributed by atoms with Gasteiger partial charge in [-0.1, -0.05) is 78.1 Å². The van der Waals surface area contributed by atoms with Crippen LogP contribution in [0.5, 0.6) is 5.75 Å². The van der Waals surface area contributed by atoms with Gasteiger partial charge in [0.1, 0.15) is 11.8 Å². The summed E-state index contributed by atoms with van der Waals surface area (Å²) in [6.07, 6.45) is 1.87. The lowest BCUT2D eigenvalue weighted by Crippen LogP contribution is -2.40. The Bertz CT molecular complexity index is 1980. The van der Waals surface area contributed by atoms with E-state index in [0.29, 0.717) is 31.9 Å². The van der Waals surface area contributed by atoms with Crippen molar-refractivity contribution < 1.29 is 14.3 Å². The average Bonchev–Trinajstić information content (AvgIpc) is 3.26. The van der Waals surface area contributed by atoms with Gasteiger partial charge in [0.2, 0.25) is 0 Å². The van der Waals surface area contributed by atoms with Gasteiger partial charge in [-0.25, -0.2) is 9.79 Å². The van der Waals surface area contributed by atoms with E-state index in [1.165, 1.54) is 11.3 Å². The first-order chi connectivity index (χ1) is 19.9. The standard InChI is InChI=1S/C34H30N2O4S/c1-5-39-33(38)30-21(4)35-34-36(31(30)26-16-10-11-17-28(26)40-20(2)3)32(37)29(41-34)19-27-24-14-8-6-12-22(24)18-23-13-7-9-15-25(23)27/h6-20,31H,5H2,1-4H3/b29-19+/t31-/m0/s1. The summed E-state index contributed by atoms with van der Waals surface area (Å²) in [4.78, 5) is 32.9. The Labute approximate surface area is 241 Å². The first kappa shape index (κ1) is 26.7. The SMILES string of the molecule is CCOC(=O)C1=C(C)N=c2s/c(=C/c3c4ccccc4cc4ccccc34)c(=O)n2[C@H]1c1ccccc1OC(C)C. The molecule has 0 spiro atoms. The van der Waals surface area contributed by atoms with E-state index in [4.69, 9.17) is 14.5 Å². The lowest BCUT2D eigenvalue weighted by Gasteiger charge is -2.26. The van der Waals surface area contributed by atoms with Crippen molar-refractivity contribution >= 4 is 44.9 Å². The van der Waals surface area contributed by atoms with Crippen LogP contribution in [0.25, 0.3) is 27.6 Å². The lowest BCUT2D eigenvalue weighted by molar-refractivity contribution is -0.139. The van der Waals surface area contributed by atoms with E-state index in [1.807, 2.05) is 68.5 Å². The van der Waals surface area contributed by atoms with Gasteiger partial charge in [-0.2, -0.15) is 0 Å². The molecular weight excluding hydrogens is 532 g/mol. The molecule has 0 saturated carbocycles. The number of benzene rings is 4. The highest BCUT2D eigenvalue weighted by molar-refractivity contribution is 7.07. The van der Waals surface area contributed by atoms with E-state index in [0.717, 1.165) is 27.1 Å². The van der Waals surface area contributed by atoms with Crippen LogP contribution in [0.3, 0.4) is 0 Å². The third kappa shape index (κ3) is 4.76. The van der Waals surface area contributed by atoms with Crippen molar-refractivity contribution in [3.05, 3.63) is 121 Å². The van der Waals surface area contributed by atoms with Crippen molar-refractivity contribution in [3.63, 3.8) is 0 Å². The van der Waals surface area contributed by atoms with E-state index in [9.17, 15) is 9.59 Å². The highest BCUT2D eigenvalue weighted by Gasteiger charge is 2.35. The largest absolute Gasteiger partial charge is 0.491 e. The van der Waals surface area contributed by atoms with Gasteiger partial charge >= 0.3 is 5.97 Å². The number of rotatable bonds is 6. The molecule has 0 bridgehead atoms. The zero-order valence-corrected chi connectivity index (χ0v) is 24.2. The first-order valence-corrected chi connectivity index (χ1v) is 14.5. The zero-order chi connectivity index (χ0) is 28.7. The smallest absolute Gasteiger partial charge is 0.338 e. The lowest BCUT2D eigenvalue weighted by atomic mass is 9.95. The van der Waals surface area contributed by atoms with Gasteiger partial charge in [-0.15, -0.1) is 0 Å². The number of esters is 1. The molecule has 0 aliphatic carbocycles. The minimum absolute atomic E-state index is 0.0947. The predicted molar refractivity (Wildman–Crippen MR) is 164 cm³/mol. The van der Waals surface area contributed by atoms with E-state index >= 15 is 0 Å². The molecule has 1 aromatic heterocycles. The highest BCUT2D eigenvalue weighted by atomic mass is 32.1. The number of carbonyl (C=O) groups excluding carboxylic acids is 1. The fourth-order valence-corrected chi connectivity index (χ4v) is 6.52. The van der Waals surface area contributed by atoms with Crippen LogP contribution in [-0.4, -0.2) is 23.2 Å². The summed E-state index contributed by atoms with van der Waals surface area (Å²) in [5, 5.41) is 4.33. The molecule has 1 aliphatic heterocycles. The van der Waals surface area contributed by atoms with Crippen molar-refractivity contribution in [2.24, 2.45) is 4.99 Å². The molecule has 6 rings (SSSR count). The van der Waals surface area contributed by atoms with Crippen LogP contribution in [0.4, 0.5) is 0 Å². The van der Waals surface area contributed by atoms with Crippen molar-refractivity contribution in [1.29, 1.82) is 0 Å². The Morgan fingerprint density at radius 2 is 1.63 bits per heavy atom. The van der Waals surface area contributed by atoms with E-state index in [-0.39, 0.29) is 18.3 Å². The van der Waals surface area contributed by atoms with E-state index in [1.54, 1.807) is 18.4 Å². The number of aromatic nitrogens is 1. The molecule has 0 amide bonds. The Morgan fingerprint density at radius 3 is 2.29 bits per heavy atom. The fourth-order valence-electron chi connectivity index (χ4n) is 5.49. The van der Waals surface area contributed by atoms with E-state index < -0.39 is 12.0 Å². The molecule has 41 heavy (non-hydrogen) atoms. The van der Waals surface area contributed by atoms with Crippen molar-refractivity contribution in [2.75, 3.05) is 6.61 Å². The second-order valence-corrected chi connectivity index (χ2v) is 11.2. The molecule has 0 unspecified atom stereocenters. The minimum Gasteiger partial charge on any atom is -0.491 e. The second kappa shape index (κ2) is 10.8. The van der Waals surface area contributed by atoms with Crippen molar-refractivity contribution in [1.82, 2.24) is 4.57 Å². The molecule has 6 nitrogen and oxygen atoms in total. The number of fused-ring (bicyclic) bond motifs is 3.